The van der Waals surface area contributed by atoms with E-state index >= 15 is 0 Å². The number of aromatic nitrogens is 3. The molecule has 0 bridgehead atoms. The lowest BCUT2D eigenvalue weighted by Crippen LogP contribution is -2.36. The fraction of sp³-hybridized carbons (Fsp3) is 0.435. The van der Waals surface area contributed by atoms with Gasteiger partial charge in [0.15, 0.2) is 0 Å². The lowest BCUT2D eigenvalue weighted by Gasteiger charge is -2.22. The zero-order valence-electron chi connectivity index (χ0n) is 18.6. The number of nitrogens with one attached hydrogen (secondary N) is 1. The molecule has 33 heavy (non-hydrogen) atoms. The van der Waals surface area contributed by atoms with Crippen molar-refractivity contribution < 1.29 is 22.3 Å². The van der Waals surface area contributed by atoms with Crippen LogP contribution in [0.2, 0.25) is 0 Å². The van der Waals surface area contributed by atoms with Crippen LogP contribution in [0.3, 0.4) is 0 Å². The number of benzene rings is 1. The van der Waals surface area contributed by atoms with E-state index in [2.05, 4.69) is 15.3 Å². The molecule has 0 spiro atoms. The van der Waals surface area contributed by atoms with Gasteiger partial charge in [-0.05, 0) is 38.3 Å². The molecule has 0 amide bonds. The number of ether oxygens (including phenoxy) is 1. The Morgan fingerprint density at radius 2 is 1.94 bits per heavy atom. The Balaban J connectivity index is 1.84. The van der Waals surface area contributed by atoms with Crippen LogP contribution in [0.4, 0.5) is 23.4 Å². The summed E-state index contributed by atoms with van der Waals surface area (Å²) >= 11 is 0. The predicted octanol–water partition coefficient (Wildman–Crippen LogP) is 5.15. The molecule has 1 aromatic carbocycles. The first-order chi connectivity index (χ1) is 15.5. The second-order valence-electron chi connectivity index (χ2n) is 8.50. The number of anilines is 1. The van der Waals surface area contributed by atoms with Crippen LogP contribution < -0.4 is 15.6 Å². The van der Waals surface area contributed by atoms with Crippen molar-refractivity contribution in [3.63, 3.8) is 0 Å². The van der Waals surface area contributed by atoms with E-state index in [-0.39, 0.29) is 35.5 Å². The summed E-state index contributed by atoms with van der Waals surface area (Å²) in [4.78, 5) is 21.7. The van der Waals surface area contributed by atoms with Crippen LogP contribution in [0, 0.1) is 6.92 Å². The second-order valence-corrected chi connectivity index (χ2v) is 8.50. The number of hydrogen-bond donors (Lipinski definition) is 1. The SMILES string of the molecule is COc1c(=O)n(C2(C(F)F)CC2)cc2c(NC(C)c3cccc(C(C)(F)F)c3)nc(C)nc12. The molecule has 1 atom stereocenters. The Kier molecular flexibility index (Phi) is 5.58. The third-order valence-corrected chi connectivity index (χ3v) is 6.04. The van der Waals surface area contributed by atoms with Gasteiger partial charge in [-0.25, -0.2) is 27.5 Å². The number of alkyl halides is 4. The molecule has 0 saturated heterocycles. The molecular formula is C23H24F4N4O2. The van der Waals surface area contributed by atoms with E-state index in [1.54, 1.807) is 26.0 Å². The van der Waals surface area contributed by atoms with Gasteiger partial charge < -0.3 is 10.1 Å². The van der Waals surface area contributed by atoms with E-state index in [9.17, 15) is 22.4 Å². The Labute approximate surface area is 187 Å². The molecule has 1 aliphatic carbocycles. The molecule has 4 rings (SSSR count). The maximum absolute atomic E-state index is 13.8. The fourth-order valence-corrected chi connectivity index (χ4v) is 3.96. The van der Waals surface area contributed by atoms with Gasteiger partial charge in [0, 0.05) is 24.7 Å². The molecule has 0 aliphatic heterocycles. The first-order valence-electron chi connectivity index (χ1n) is 10.5. The largest absolute Gasteiger partial charge is 0.490 e. The number of rotatable bonds is 7. The van der Waals surface area contributed by atoms with Gasteiger partial charge in [0.1, 0.15) is 22.7 Å². The highest BCUT2D eigenvalue weighted by Gasteiger charge is 2.54. The van der Waals surface area contributed by atoms with Crippen molar-refractivity contribution in [2.45, 2.75) is 57.5 Å². The second kappa shape index (κ2) is 8.00. The lowest BCUT2D eigenvalue weighted by atomic mass is 10.0. The number of methoxy groups -OCH3 is 1. The average molecular weight is 464 g/mol. The van der Waals surface area contributed by atoms with Gasteiger partial charge in [-0.2, -0.15) is 0 Å². The summed E-state index contributed by atoms with van der Waals surface area (Å²) in [7, 11) is 1.28. The summed E-state index contributed by atoms with van der Waals surface area (Å²) in [5.74, 6) is -2.52. The number of aryl methyl sites for hydroxylation is 1. The van der Waals surface area contributed by atoms with E-state index in [4.69, 9.17) is 4.74 Å². The van der Waals surface area contributed by atoms with Gasteiger partial charge in [0.2, 0.25) is 5.75 Å². The van der Waals surface area contributed by atoms with Crippen LogP contribution in [0.5, 0.6) is 5.75 Å². The third kappa shape index (κ3) is 4.02. The third-order valence-electron chi connectivity index (χ3n) is 6.04. The first-order valence-corrected chi connectivity index (χ1v) is 10.5. The highest BCUT2D eigenvalue weighted by molar-refractivity contribution is 5.92. The number of nitrogens with zero attached hydrogens (tertiary/aromatic N) is 3. The molecule has 2 heterocycles. The summed E-state index contributed by atoms with van der Waals surface area (Å²) in [5.41, 5.74) is -1.60. The zero-order chi connectivity index (χ0) is 24.1. The highest BCUT2D eigenvalue weighted by Crippen LogP contribution is 2.48. The number of fused-ring (bicyclic) bond motifs is 1. The lowest BCUT2D eigenvalue weighted by molar-refractivity contribution is 0.0174. The Hall–Kier alpha value is -3.17. The van der Waals surface area contributed by atoms with Crippen LogP contribution >= 0.6 is 0 Å². The van der Waals surface area contributed by atoms with Crippen LogP contribution in [0.25, 0.3) is 10.9 Å². The summed E-state index contributed by atoms with van der Waals surface area (Å²) in [6.07, 6.45) is -1.05. The molecule has 6 nitrogen and oxygen atoms in total. The Morgan fingerprint density at radius 3 is 2.52 bits per heavy atom. The monoisotopic (exact) mass is 464 g/mol. The topological polar surface area (TPSA) is 69.0 Å². The van der Waals surface area contributed by atoms with E-state index in [0.717, 1.165) is 11.5 Å². The van der Waals surface area contributed by atoms with Crippen LogP contribution in [0.15, 0.2) is 35.3 Å². The summed E-state index contributed by atoms with van der Waals surface area (Å²) in [5, 5.41) is 3.49. The molecule has 0 radical (unpaired) electrons. The Bertz CT molecular complexity index is 1270. The smallest absolute Gasteiger partial charge is 0.295 e. The molecule has 176 valence electrons. The van der Waals surface area contributed by atoms with Gasteiger partial charge in [-0.1, -0.05) is 18.2 Å². The van der Waals surface area contributed by atoms with Crippen LogP contribution in [-0.2, 0) is 11.5 Å². The van der Waals surface area contributed by atoms with Gasteiger partial charge in [-0.3, -0.25) is 9.36 Å². The molecular weight excluding hydrogens is 440 g/mol. The molecule has 1 fully saturated rings. The molecule has 10 heteroatoms. The number of pyridine rings is 1. The van der Waals surface area contributed by atoms with Crippen molar-refractivity contribution in [3.05, 3.63) is 57.8 Å². The minimum absolute atomic E-state index is 0.125. The standard InChI is InChI=1S/C23H24F4N4O2/c1-12(14-6-5-7-15(10-14)22(3,26)27)28-19-16-11-31(23(8-9-23)21(24)25)20(32)18(33-4)17(16)29-13(2)30-19/h5-7,10-12,21H,8-9H2,1-4H3,(H,28,29,30). The summed E-state index contributed by atoms with van der Waals surface area (Å²) in [6, 6.07) is 5.55. The summed E-state index contributed by atoms with van der Waals surface area (Å²) < 4.78 is 61.5. The number of halogens is 4. The van der Waals surface area contributed by atoms with Crippen molar-refractivity contribution in [1.82, 2.24) is 14.5 Å². The van der Waals surface area contributed by atoms with E-state index < -0.39 is 29.5 Å². The number of hydrogen-bond acceptors (Lipinski definition) is 5. The average Bonchev–Trinajstić information content (AvgIpc) is 3.55. The van der Waals surface area contributed by atoms with E-state index in [1.807, 2.05) is 0 Å². The normalized spacial score (nSPS) is 16.2. The quantitative estimate of drug-likeness (QED) is 0.490. The van der Waals surface area contributed by atoms with Crippen molar-refractivity contribution in [2.75, 3.05) is 12.4 Å². The molecule has 1 unspecified atom stereocenters. The van der Waals surface area contributed by atoms with E-state index in [0.29, 0.717) is 16.8 Å². The van der Waals surface area contributed by atoms with Crippen LogP contribution in [0.1, 0.15) is 49.7 Å². The molecule has 1 N–H and O–H groups in total. The molecule has 1 saturated carbocycles. The van der Waals surface area contributed by atoms with Crippen molar-refractivity contribution in [2.24, 2.45) is 0 Å². The molecule has 3 aromatic rings. The van der Waals surface area contributed by atoms with Gasteiger partial charge in [0.05, 0.1) is 12.5 Å². The van der Waals surface area contributed by atoms with Crippen molar-refractivity contribution in [3.8, 4) is 5.75 Å². The van der Waals surface area contributed by atoms with E-state index in [1.165, 1.54) is 25.4 Å². The molecule has 2 aromatic heterocycles. The van der Waals surface area contributed by atoms with Crippen LogP contribution in [-0.4, -0.2) is 28.1 Å². The fourth-order valence-electron chi connectivity index (χ4n) is 3.96. The minimum atomic E-state index is -2.99. The highest BCUT2D eigenvalue weighted by atomic mass is 19.3. The molecule has 1 aliphatic rings. The van der Waals surface area contributed by atoms with Gasteiger partial charge >= 0.3 is 0 Å². The van der Waals surface area contributed by atoms with Crippen molar-refractivity contribution >= 4 is 16.7 Å². The maximum atomic E-state index is 13.8. The van der Waals surface area contributed by atoms with Crippen molar-refractivity contribution in [1.29, 1.82) is 0 Å². The first kappa shape index (κ1) is 23.0. The zero-order valence-corrected chi connectivity index (χ0v) is 18.6. The summed E-state index contributed by atoms with van der Waals surface area (Å²) in [6.45, 7) is 4.22. The van der Waals surface area contributed by atoms with Gasteiger partial charge in [-0.15, -0.1) is 0 Å². The Morgan fingerprint density at radius 1 is 1.24 bits per heavy atom. The predicted molar refractivity (Wildman–Crippen MR) is 116 cm³/mol. The van der Waals surface area contributed by atoms with Gasteiger partial charge in [0.25, 0.3) is 17.9 Å². The minimum Gasteiger partial charge on any atom is -0.490 e. The maximum Gasteiger partial charge on any atom is 0.295 e.